The summed E-state index contributed by atoms with van der Waals surface area (Å²) in [4.78, 5) is 8.35. The molecule has 0 aliphatic heterocycles. The SMILES string of the molecule is COCC(C)Nc1nccc(OC(C)C)n1. The highest BCUT2D eigenvalue weighted by Gasteiger charge is 2.05. The van der Waals surface area contributed by atoms with Crippen molar-refractivity contribution in [2.45, 2.75) is 32.9 Å². The predicted molar refractivity (Wildman–Crippen MR) is 62.8 cm³/mol. The summed E-state index contributed by atoms with van der Waals surface area (Å²) in [6.07, 6.45) is 1.78. The van der Waals surface area contributed by atoms with E-state index in [-0.39, 0.29) is 12.1 Å². The molecule has 5 nitrogen and oxygen atoms in total. The Kier molecular flexibility index (Phi) is 4.98. The van der Waals surface area contributed by atoms with E-state index in [0.717, 1.165) is 0 Å². The predicted octanol–water partition coefficient (Wildman–Crippen LogP) is 1.71. The average molecular weight is 225 g/mol. The Hall–Kier alpha value is -1.36. The number of methoxy groups -OCH3 is 1. The Morgan fingerprint density at radius 2 is 2.12 bits per heavy atom. The summed E-state index contributed by atoms with van der Waals surface area (Å²) in [5, 5.41) is 3.13. The number of rotatable bonds is 6. The van der Waals surface area contributed by atoms with Crippen LogP contribution in [0.1, 0.15) is 20.8 Å². The fourth-order valence-electron chi connectivity index (χ4n) is 1.23. The molecule has 5 heteroatoms. The first-order valence-corrected chi connectivity index (χ1v) is 5.37. The van der Waals surface area contributed by atoms with E-state index >= 15 is 0 Å². The first kappa shape index (κ1) is 12.7. The molecule has 0 radical (unpaired) electrons. The molecule has 1 N–H and O–H groups in total. The Balaban J connectivity index is 2.59. The van der Waals surface area contributed by atoms with Crippen LogP contribution in [0.5, 0.6) is 5.88 Å². The molecule has 1 aromatic heterocycles. The number of hydrogen-bond donors (Lipinski definition) is 1. The Morgan fingerprint density at radius 3 is 2.75 bits per heavy atom. The molecule has 1 heterocycles. The largest absolute Gasteiger partial charge is 0.475 e. The summed E-state index contributed by atoms with van der Waals surface area (Å²) in [5.74, 6) is 1.14. The van der Waals surface area contributed by atoms with Gasteiger partial charge >= 0.3 is 0 Å². The maximum atomic E-state index is 5.47. The monoisotopic (exact) mass is 225 g/mol. The van der Waals surface area contributed by atoms with Gasteiger partial charge in [0.15, 0.2) is 0 Å². The first-order valence-electron chi connectivity index (χ1n) is 5.37. The maximum Gasteiger partial charge on any atom is 0.226 e. The Morgan fingerprint density at radius 1 is 1.38 bits per heavy atom. The van der Waals surface area contributed by atoms with Gasteiger partial charge in [-0.25, -0.2) is 4.98 Å². The molecule has 16 heavy (non-hydrogen) atoms. The molecule has 1 rings (SSSR count). The lowest BCUT2D eigenvalue weighted by atomic mass is 10.4. The van der Waals surface area contributed by atoms with E-state index in [1.54, 1.807) is 19.4 Å². The number of hydrogen-bond acceptors (Lipinski definition) is 5. The zero-order valence-corrected chi connectivity index (χ0v) is 10.2. The summed E-state index contributed by atoms with van der Waals surface area (Å²) < 4.78 is 10.5. The highest BCUT2D eigenvalue weighted by molar-refractivity contribution is 5.28. The fourth-order valence-corrected chi connectivity index (χ4v) is 1.23. The quantitative estimate of drug-likeness (QED) is 0.798. The van der Waals surface area contributed by atoms with Gasteiger partial charge in [0.2, 0.25) is 11.8 Å². The third-order valence-corrected chi connectivity index (χ3v) is 1.78. The summed E-state index contributed by atoms with van der Waals surface area (Å²) in [6, 6.07) is 1.91. The third-order valence-electron chi connectivity index (χ3n) is 1.78. The minimum absolute atomic E-state index is 0.110. The number of nitrogens with zero attached hydrogens (tertiary/aromatic N) is 2. The van der Waals surface area contributed by atoms with Crippen molar-refractivity contribution in [3.63, 3.8) is 0 Å². The molecular weight excluding hydrogens is 206 g/mol. The smallest absolute Gasteiger partial charge is 0.226 e. The molecule has 0 aliphatic rings. The summed E-state index contributed by atoms with van der Waals surface area (Å²) in [7, 11) is 1.66. The van der Waals surface area contributed by atoms with Crippen molar-refractivity contribution >= 4 is 5.95 Å². The van der Waals surface area contributed by atoms with Crippen molar-refractivity contribution in [2.75, 3.05) is 19.0 Å². The highest BCUT2D eigenvalue weighted by Crippen LogP contribution is 2.10. The molecule has 0 saturated heterocycles. The van der Waals surface area contributed by atoms with Crippen molar-refractivity contribution in [2.24, 2.45) is 0 Å². The van der Waals surface area contributed by atoms with Crippen LogP contribution in [0.15, 0.2) is 12.3 Å². The minimum atomic E-state index is 0.110. The van der Waals surface area contributed by atoms with Gasteiger partial charge in [0.05, 0.1) is 12.7 Å². The molecule has 90 valence electrons. The minimum Gasteiger partial charge on any atom is -0.475 e. The van der Waals surface area contributed by atoms with Crippen LogP contribution < -0.4 is 10.1 Å². The van der Waals surface area contributed by atoms with Gasteiger partial charge in [-0.2, -0.15) is 4.98 Å². The van der Waals surface area contributed by atoms with Crippen LogP contribution in [0.4, 0.5) is 5.95 Å². The number of ether oxygens (including phenoxy) is 2. The second-order valence-electron chi connectivity index (χ2n) is 3.89. The van der Waals surface area contributed by atoms with Crippen LogP contribution in [0.3, 0.4) is 0 Å². The van der Waals surface area contributed by atoms with Crippen LogP contribution in [0.2, 0.25) is 0 Å². The zero-order valence-electron chi connectivity index (χ0n) is 10.2. The van der Waals surface area contributed by atoms with Crippen LogP contribution in [0, 0.1) is 0 Å². The lowest BCUT2D eigenvalue weighted by Crippen LogP contribution is -2.22. The first-order chi connectivity index (χ1) is 7.61. The van der Waals surface area contributed by atoms with Crippen LogP contribution in [-0.2, 0) is 4.74 Å². The van der Waals surface area contributed by atoms with Gasteiger partial charge in [0.1, 0.15) is 0 Å². The summed E-state index contributed by atoms with van der Waals surface area (Å²) in [6.45, 7) is 6.53. The van der Waals surface area contributed by atoms with Crippen molar-refractivity contribution in [3.8, 4) is 5.88 Å². The molecule has 0 spiro atoms. The highest BCUT2D eigenvalue weighted by atomic mass is 16.5. The van der Waals surface area contributed by atoms with Crippen molar-refractivity contribution in [3.05, 3.63) is 12.3 Å². The van der Waals surface area contributed by atoms with E-state index in [1.807, 2.05) is 20.8 Å². The van der Waals surface area contributed by atoms with Crippen LogP contribution in [-0.4, -0.2) is 35.8 Å². The lowest BCUT2D eigenvalue weighted by Gasteiger charge is -2.13. The molecule has 0 aliphatic carbocycles. The second-order valence-corrected chi connectivity index (χ2v) is 3.89. The van der Waals surface area contributed by atoms with Crippen molar-refractivity contribution in [1.82, 2.24) is 9.97 Å². The van der Waals surface area contributed by atoms with E-state index in [9.17, 15) is 0 Å². The molecule has 0 saturated carbocycles. The van der Waals surface area contributed by atoms with Gasteiger partial charge in [0, 0.05) is 25.4 Å². The van der Waals surface area contributed by atoms with Gasteiger partial charge in [-0.15, -0.1) is 0 Å². The van der Waals surface area contributed by atoms with E-state index < -0.39 is 0 Å². The normalized spacial score (nSPS) is 12.6. The van der Waals surface area contributed by atoms with Gasteiger partial charge in [-0.1, -0.05) is 0 Å². The molecule has 0 aromatic carbocycles. The third kappa shape index (κ3) is 4.44. The van der Waals surface area contributed by atoms with Gasteiger partial charge < -0.3 is 14.8 Å². The molecule has 0 fully saturated rings. The Bertz CT molecular complexity index is 318. The van der Waals surface area contributed by atoms with E-state index in [1.165, 1.54) is 0 Å². The van der Waals surface area contributed by atoms with Crippen LogP contribution >= 0.6 is 0 Å². The molecule has 1 unspecified atom stereocenters. The van der Waals surface area contributed by atoms with E-state index in [4.69, 9.17) is 9.47 Å². The molecule has 1 atom stereocenters. The van der Waals surface area contributed by atoms with Crippen molar-refractivity contribution < 1.29 is 9.47 Å². The Labute approximate surface area is 96.2 Å². The number of aromatic nitrogens is 2. The molecule has 0 amide bonds. The van der Waals surface area contributed by atoms with Crippen molar-refractivity contribution in [1.29, 1.82) is 0 Å². The van der Waals surface area contributed by atoms with Gasteiger partial charge in [0.25, 0.3) is 0 Å². The van der Waals surface area contributed by atoms with E-state index in [0.29, 0.717) is 18.4 Å². The summed E-state index contributed by atoms with van der Waals surface area (Å²) >= 11 is 0. The van der Waals surface area contributed by atoms with E-state index in [2.05, 4.69) is 15.3 Å². The van der Waals surface area contributed by atoms with Gasteiger partial charge in [-0.05, 0) is 20.8 Å². The maximum absolute atomic E-state index is 5.47. The fraction of sp³-hybridized carbons (Fsp3) is 0.636. The second kappa shape index (κ2) is 6.27. The lowest BCUT2D eigenvalue weighted by molar-refractivity contribution is 0.190. The average Bonchev–Trinajstić information content (AvgIpc) is 2.17. The zero-order chi connectivity index (χ0) is 12.0. The van der Waals surface area contributed by atoms with Crippen LogP contribution in [0.25, 0.3) is 0 Å². The molecule has 1 aromatic rings. The number of anilines is 1. The standard InChI is InChI=1S/C11H19N3O2/c1-8(2)16-10-5-6-12-11(14-10)13-9(3)7-15-4/h5-6,8-9H,7H2,1-4H3,(H,12,13,14). The number of nitrogens with one attached hydrogen (secondary N) is 1. The topological polar surface area (TPSA) is 56.3 Å². The molecule has 0 bridgehead atoms. The summed E-state index contributed by atoms with van der Waals surface area (Å²) in [5.41, 5.74) is 0. The molecular formula is C11H19N3O2. The van der Waals surface area contributed by atoms with Gasteiger partial charge in [-0.3, -0.25) is 0 Å².